The summed E-state index contributed by atoms with van der Waals surface area (Å²) >= 11 is 0. The predicted octanol–water partition coefficient (Wildman–Crippen LogP) is 1.65. The molecule has 0 spiro atoms. The van der Waals surface area contributed by atoms with E-state index in [9.17, 15) is 9.36 Å². The van der Waals surface area contributed by atoms with Crippen LogP contribution in [0, 0.1) is 0 Å². The van der Waals surface area contributed by atoms with Gasteiger partial charge in [0, 0.05) is 0 Å². The van der Waals surface area contributed by atoms with E-state index in [0.717, 1.165) is 0 Å². The molecule has 60 valence electrons. The Morgan fingerprint density at radius 1 is 1.40 bits per heavy atom. The lowest BCUT2D eigenvalue weighted by molar-refractivity contribution is 0.174. The smallest absolute Gasteiger partial charge is 0.388 e. The zero-order valence-corrected chi connectivity index (χ0v) is 7.05. The van der Waals surface area contributed by atoms with Gasteiger partial charge in [-0.05, 0) is 13.8 Å². The molecule has 0 fully saturated rings. The van der Waals surface area contributed by atoms with Crippen molar-refractivity contribution >= 4 is 13.7 Å². The van der Waals surface area contributed by atoms with Gasteiger partial charge in [-0.25, -0.2) is 4.79 Å². The van der Waals surface area contributed by atoms with Crippen molar-refractivity contribution < 1.29 is 18.6 Å². The second kappa shape index (κ2) is 5.45. The molecule has 0 bridgehead atoms. The van der Waals surface area contributed by atoms with Gasteiger partial charge >= 0.3 is 5.71 Å². The first-order valence-electron chi connectivity index (χ1n) is 3.06. The minimum atomic E-state index is -2.59. The van der Waals surface area contributed by atoms with E-state index in [2.05, 4.69) is 9.26 Å². The van der Waals surface area contributed by atoms with Gasteiger partial charge in [-0.3, -0.25) is 4.57 Å². The van der Waals surface area contributed by atoms with Gasteiger partial charge in [0.25, 0.3) is 8.03 Å². The number of ether oxygens (including phenoxy) is 1. The van der Waals surface area contributed by atoms with Crippen molar-refractivity contribution in [1.82, 2.24) is 0 Å². The molecule has 5 heteroatoms. The second-order valence-electron chi connectivity index (χ2n) is 1.44. The fraction of sp³-hybridized carbons (Fsp3) is 0.800. The summed E-state index contributed by atoms with van der Waals surface area (Å²) in [5.74, 6) is 0. The lowest BCUT2D eigenvalue weighted by atomic mass is 10.9. The van der Waals surface area contributed by atoms with Crippen LogP contribution < -0.4 is 0 Å². The number of rotatable bonds is 4. The third kappa shape index (κ3) is 3.64. The van der Waals surface area contributed by atoms with Gasteiger partial charge in [0.05, 0.1) is 13.2 Å². The average Bonchev–Trinajstić information content (AvgIpc) is 1.89. The van der Waals surface area contributed by atoms with Crippen LogP contribution in [0.2, 0.25) is 0 Å². The molecule has 0 aliphatic heterocycles. The highest BCUT2D eigenvalue weighted by Gasteiger charge is 2.10. The first-order valence-corrected chi connectivity index (χ1v) is 4.37. The molecular weight excluding hydrogens is 155 g/mol. The molecule has 0 aromatic heterocycles. The molecule has 0 saturated carbocycles. The molecule has 0 aromatic rings. The molecule has 0 saturated heterocycles. The number of hydrogen-bond acceptors (Lipinski definition) is 4. The Hall–Kier alpha value is -0.340. The van der Waals surface area contributed by atoms with E-state index >= 15 is 0 Å². The van der Waals surface area contributed by atoms with Crippen molar-refractivity contribution in [3.05, 3.63) is 0 Å². The number of hydrogen-bond donors (Lipinski definition) is 0. The maximum atomic E-state index is 10.6. The molecule has 0 aliphatic carbocycles. The van der Waals surface area contributed by atoms with Crippen molar-refractivity contribution in [3.63, 3.8) is 0 Å². The topological polar surface area (TPSA) is 52.6 Å². The maximum absolute atomic E-state index is 10.6. The Labute approximate surface area is 60.4 Å². The van der Waals surface area contributed by atoms with Gasteiger partial charge in [0.2, 0.25) is 0 Å². The highest BCUT2D eigenvalue weighted by Crippen LogP contribution is 2.24. The quantitative estimate of drug-likeness (QED) is 0.596. The molecule has 10 heavy (non-hydrogen) atoms. The molecule has 0 heterocycles. The van der Waals surface area contributed by atoms with E-state index in [1.54, 1.807) is 13.8 Å². The van der Waals surface area contributed by atoms with Crippen LogP contribution in [0.1, 0.15) is 13.8 Å². The van der Waals surface area contributed by atoms with Gasteiger partial charge in [-0.1, -0.05) is 0 Å². The Balaban J connectivity index is 3.60. The largest absolute Gasteiger partial charge is 0.459 e. The molecule has 0 amide bonds. The molecule has 0 rings (SSSR count). The monoisotopic (exact) mass is 166 g/mol. The summed E-state index contributed by atoms with van der Waals surface area (Å²) in [4.78, 5) is 10.5. The fourth-order valence-corrected chi connectivity index (χ4v) is 1.02. The normalized spacial score (nSPS) is 12.6. The van der Waals surface area contributed by atoms with E-state index in [-0.39, 0.29) is 13.2 Å². The van der Waals surface area contributed by atoms with E-state index in [0.29, 0.717) is 0 Å². The molecular formula is C5H11O4P. The van der Waals surface area contributed by atoms with E-state index < -0.39 is 13.7 Å². The Morgan fingerprint density at radius 2 is 2.00 bits per heavy atom. The summed E-state index contributed by atoms with van der Waals surface area (Å²) in [6, 6.07) is 0. The van der Waals surface area contributed by atoms with Crippen LogP contribution in [0.5, 0.6) is 0 Å². The number of carbonyl (C=O) groups excluding carboxylic acids is 1. The Bertz CT molecular complexity index is 118. The van der Waals surface area contributed by atoms with Crippen molar-refractivity contribution in [1.29, 1.82) is 0 Å². The van der Waals surface area contributed by atoms with E-state index in [1.807, 2.05) is 0 Å². The van der Waals surface area contributed by atoms with Crippen molar-refractivity contribution in [2.75, 3.05) is 13.2 Å². The first kappa shape index (κ1) is 9.66. The fourth-order valence-electron chi connectivity index (χ4n) is 0.380. The molecule has 0 aliphatic rings. The van der Waals surface area contributed by atoms with Crippen LogP contribution in [0.3, 0.4) is 0 Å². The van der Waals surface area contributed by atoms with Crippen LogP contribution in [-0.2, 0) is 13.8 Å². The van der Waals surface area contributed by atoms with Crippen LogP contribution >= 0.6 is 8.03 Å². The van der Waals surface area contributed by atoms with Crippen LogP contribution in [-0.4, -0.2) is 18.9 Å². The zero-order valence-electron chi connectivity index (χ0n) is 6.05. The third-order valence-corrected chi connectivity index (χ3v) is 1.75. The summed E-state index contributed by atoms with van der Waals surface area (Å²) in [6.07, 6.45) is 0. The molecule has 1 unspecified atom stereocenters. The second-order valence-corrected chi connectivity index (χ2v) is 2.71. The van der Waals surface area contributed by atoms with Crippen molar-refractivity contribution in [2.24, 2.45) is 0 Å². The lowest BCUT2D eigenvalue weighted by Crippen LogP contribution is -1.97. The maximum Gasteiger partial charge on any atom is 0.388 e. The summed E-state index contributed by atoms with van der Waals surface area (Å²) in [5.41, 5.74) is -0.741. The molecule has 0 N–H and O–H groups in total. The minimum absolute atomic E-state index is 0.238. The zero-order chi connectivity index (χ0) is 7.98. The van der Waals surface area contributed by atoms with Crippen LogP contribution in [0.4, 0.5) is 4.79 Å². The molecule has 0 radical (unpaired) electrons. The van der Waals surface area contributed by atoms with E-state index in [1.165, 1.54) is 0 Å². The third-order valence-electron chi connectivity index (χ3n) is 0.718. The van der Waals surface area contributed by atoms with Gasteiger partial charge in [-0.2, -0.15) is 0 Å². The van der Waals surface area contributed by atoms with Crippen molar-refractivity contribution in [3.8, 4) is 0 Å². The van der Waals surface area contributed by atoms with Gasteiger partial charge in [-0.15, -0.1) is 0 Å². The van der Waals surface area contributed by atoms with Crippen molar-refractivity contribution in [2.45, 2.75) is 13.8 Å². The predicted molar refractivity (Wildman–Crippen MR) is 37.6 cm³/mol. The summed E-state index contributed by atoms with van der Waals surface area (Å²) in [7, 11) is -2.59. The van der Waals surface area contributed by atoms with Crippen LogP contribution in [0.25, 0.3) is 0 Å². The summed E-state index contributed by atoms with van der Waals surface area (Å²) in [6.45, 7) is 3.83. The highest BCUT2D eigenvalue weighted by atomic mass is 31.1. The summed E-state index contributed by atoms with van der Waals surface area (Å²) < 4.78 is 19.6. The minimum Gasteiger partial charge on any atom is -0.459 e. The van der Waals surface area contributed by atoms with Crippen LogP contribution in [0.15, 0.2) is 0 Å². The average molecular weight is 166 g/mol. The molecule has 1 atom stereocenters. The Kier molecular flexibility index (Phi) is 5.26. The van der Waals surface area contributed by atoms with Gasteiger partial charge < -0.3 is 9.26 Å². The summed E-state index contributed by atoms with van der Waals surface area (Å²) in [5, 5.41) is 0. The van der Waals surface area contributed by atoms with E-state index in [4.69, 9.17) is 0 Å². The van der Waals surface area contributed by atoms with Gasteiger partial charge in [0.15, 0.2) is 0 Å². The SMILES string of the molecule is CCOC(=O)[PH](=O)OCC. The molecule has 0 aromatic carbocycles. The Morgan fingerprint density at radius 3 is 2.40 bits per heavy atom. The first-order chi connectivity index (χ1) is 4.72. The highest BCUT2D eigenvalue weighted by molar-refractivity contribution is 7.58. The number of carbonyl (C=O) groups is 1. The lowest BCUT2D eigenvalue weighted by Gasteiger charge is -1.99. The molecule has 4 nitrogen and oxygen atoms in total. The standard InChI is InChI=1S/C5H11O4P/c1-3-8-5(6)10(7)9-4-2/h10H,3-4H2,1-2H3. The van der Waals surface area contributed by atoms with Gasteiger partial charge in [0.1, 0.15) is 0 Å².